The molecule has 0 saturated heterocycles. The third-order valence-corrected chi connectivity index (χ3v) is 5.51. The van der Waals surface area contributed by atoms with E-state index in [0.717, 1.165) is 30.3 Å². The first-order valence-electron chi connectivity index (χ1n) is 10.9. The maximum Gasteiger partial charge on any atom is 0.270 e. The Morgan fingerprint density at radius 3 is 2.21 bits per heavy atom. The molecular weight excluding hydrogens is 442 g/mol. The summed E-state index contributed by atoms with van der Waals surface area (Å²) < 4.78 is 15.7. The Labute approximate surface area is 197 Å². The highest BCUT2D eigenvalue weighted by molar-refractivity contribution is 7.11. The molecular formula is C23H29N5O4S. The van der Waals surface area contributed by atoms with Crippen molar-refractivity contribution in [1.82, 2.24) is 4.37 Å². The lowest BCUT2D eigenvalue weighted by molar-refractivity contribution is -0.384. The second kappa shape index (κ2) is 11.8. The maximum absolute atomic E-state index is 11.1. The quantitative estimate of drug-likeness (QED) is 0.175. The van der Waals surface area contributed by atoms with E-state index in [-0.39, 0.29) is 17.9 Å². The van der Waals surface area contributed by atoms with E-state index < -0.39 is 4.92 Å². The van der Waals surface area contributed by atoms with Gasteiger partial charge in [0, 0.05) is 36.3 Å². The van der Waals surface area contributed by atoms with Crippen molar-refractivity contribution in [2.45, 2.75) is 39.9 Å². The number of hydrogen-bond donors (Lipinski definition) is 0. The van der Waals surface area contributed by atoms with Crippen LogP contribution >= 0.6 is 11.5 Å². The summed E-state index contributed by atoms with van der Waals surface area (Å²) in [7, 11) is 0. The second-order valence-corrected chi connectivity index (χ2v) is 8.74. The largest absolute Gasteiger partial charge is 0.377 e. The van der Waals surface area contributed by atoms with E-state index >= 15 is 0 Å². The molecule has 0 radical (unpaired) electrons. The van der Waals surface area contributed by atoms with E-state index in [2.05, 4.69) is 19.5 Å². The molecule has 3 aromatic rings. The van der Waals surface area contributed by atoms with Gasteiger partial charge in [0.2, 0.25) is 0 Å². The van der Waals surface area contributed by atoms with Gasteiger partial charge in [-0.15, -0.1) is 10.2 Å². The standard InChI is InChI=1S/C23H29N5O4S/c1-16(2)31-13-11-27(12-14-32-17(3)4)19-7-5-18(6-8-19)24-25-23-21-15-20(28(29)30)9-10-22(21)26-33-23/h5-10,15-17H,11-14H2,1-4H3. The molecule has 10 heteroatoms. The molecule has 9 nitrogen and oxygen atoms in total. The van der Waals surface area contributed by atoms with Crippen LogP contribution in [-0.2, 0) is 9.47 Å². The number of ether oxygens (including phenoxy) is 2. The smallest absolute Gasteiger partial charge is 0.270 e. The topological polar surface area (TPSA) is 102 Å². The molecule has 0 N–H and O–H groups in total. The van der Waals surface area contributed by atoms with Crippen molar-refractivity contribution in [2.75, 3.05) is 31.2 Å². The molecule has 1 heterocycles. The van der Waals surface area contributed by atoms with Crippen LogP contribution in [-0.4, -0.2) is 47.8 Å². The molecule has 2 aromatic carbocycles. The van der Waals surface area contributed by atoms with E-state index in [4.69, 9.17) is 9.47 Å². The highest BCUT2D eigenvalue weighted by atomic mass is 32.1. The zero-order valence-corrected chi connectivity index (χ0v) is 20.1. The van der Waals surface area contributed by atoms with Crippen molar-refractivity contribution < 1.29 is 14.4 Å². The van der Waals surface area contributed by atoms with Crippen molar-refractivity contribution in [1.29, 1.82) is 0 Å². The first-order valence-corrected chi connectivity index (χ1v) is 11.6. The summed E-state index contributed by atoms with van der Waals surface area (Å²) in [5.41, 5.74) is 2.40. The Bertz CT molecular complexity index is 1070. The van der Waals surface area contributed by atoms with Gasteiger partial charge < -0.3 is 14.4 Å². The highest BCUT2D eigenvalue weighted by Crippen LogP contribution is 2.34. The minimum Gasteiger partial charge on any atom is -0.377 e. The van der Waals surface area contributed by atoms with Gasteiger partial charge in [0.15, 0.2) is 5.00 Å². The molecule has 3 rings (SSSR count). The third kappa shape index (κ3) is 7.28. The fourth-order valence-electron chi connectivity index (χ4n) is 3.10. The number of nitro groups is 1. The Morgan fingerprint density at radius 1 is 1.00 bits per heavy atom. The molecule has 0 unspecified atom stereocenters. The Morgan fingerprint density at radius 2 is 1.64 bits per heavy atom. The summed E-state index contributed by atoms with van der Waals surface area (Å²) in [5, 5.41) is 20.8. The fourth-order valence-corrected chi connectivity index (χ4v) is 3.79. The van der Waals surface area contributed by atoms with Gasteiger partial charge in [-0.3, -0.25) is 10.1 Å². The molecule has 0 aliphatic carbocycles. The molecule has 33 heavy (non-hydrogen) atoms. The van der Waals surface area contributed by atoms with Crippen LogP contribution in [0, 0.1) is 10.1 Å². The number of benzene rings is 2. The highest BCUT2D eigenvalue weighted by Gasteiger charge is 2.12. The van der Waals surface area contributed by atoms with Gasteiger partial charge in [-0.05, 0) is 69.6 Å². The zero-order valence-electron chi connectivity index (χ0n) is 19.3. The normalized spacial score (nSPS) is 11.8. The van der Waals surface area contributed by atoms with E-state index in [0.29, 0.717) is 34.8 Å². The predicted octanol–water partition coefficient (Wildman–Crippen LogP) is 6.28. The van der Waals surface area contributed by atoms with Gasteiger partial charge in [-0.2, -0.15) is 4.37 Å². The number of nitro benzene ring substituents is 1. The number of aromatic nitrogens is 1. The fraction of sp³-hybridized carbons (Fsp3) is 0.435. The first kappa shape index (κ1) is 24.7. The molecule has 176 valence electrons. The summed E-state index contributed by atoms with van der Waals surface area (Å²) in [5.74, 6) is 0. The minimum atomic E-state index is -0.430. The minimum absolute atomic E-state index is 0.00601. The molecule has 0 aliphatic rings. The Balaban J connectivity index is 1.71. The second-order valence-electron chi connectivity index (χ2n) is 7.99. The number of azo groups is 1. The number of non-ortho nitro benzene ring substituents is 1. The van der Waals surface area contributed by atoms with Crippen LogP contribution in [0.15, 0.2) is 52.7 Å². The van der Waals surface area contributed by atoms with Crippen LogP contribution in [0.3, 0.4) is 0 Å². The van der Waals surface area contributed by atoms with Gasteiger partial charge >= 0.3 is 0 Å². The monoisotopic (exact) mass is 471 g/mol. The summed E-state index contributed by atoms with van der Waals surface area (Å²) in [4.78, 5) is 12.9. The molecule has 0 aliphatic heterocycles. The van der Waals surface area contributed by atoms with Crippen molar-refractivity contribution in [3.8, 4) is 0 Å². The zero-order chi connectivity index (χ0) is 23.8. The molecule has 0 saturated carbocycles. The average molecular weight is 472 g/mol. The Kier molecular flexibility index (Phi) is 8.81. The number of fused-ring (bicyclic) bond motifs is 1. The van der Waals surface area contributed by atoms with Crippen LogP contribution in [0.5, 0.6) is 0 Å². The van der Waals surface area contributed by atoms with Crippen molar-refractivity contribution in [2.24, 2.45) is 10.2 Å². The number of hydrogen-bond acceptors (Lipinski definition) is 9. The van der Waals surface area contributed by atoms with Crippen LogP contribution in [0.4, 0.5) is 22.1 Å². The van der Waals surface area contributed by atoms with Crippen molar-refractivity contribution in [3.05, 3.63) is 52.6 Å². The Hall–Kier alpha value is -2.95. The van der Waals surface area contributed by atoms with Gasteiger partial charge in [0.1, 0.15) is 0 Å². The molecule has 0 amide bonds. The maximum atomic E-state index is 11.1. The number of anilines is 1. The molecule has 0 atom stereocenters. The van der Waals surface area contributed by atoms with Crippen LogP contribution in [0.25, 0.3) is 10.9 Å². The van der Waals surface area contributed by atoms with Gasteiger partial charge in [0.25, 0.3) is 5.69 Å². The number of rotatable bonds is 12. The average Bonchev–Trinajstić information content (AvgIpc) is 3.19. The molecule has 0 fully saturated rings. The van der Waals surface area contributed by atoms with E-state index in [9.17, 15) is 10.1 Å². The van der Waals surface area contributed by atoms with E-state index in [1.165, 1.54) is 12.1 Å². The summed E-state index contributed by atoms with van der Waals surface area (Å²) in [6.45, 7) is 10.9. The van der Waals surface area contributed by atoms with Crippen molar-refractivity contribution >= 4 is 44.5 Å². The van der Waals surface area contributed by atoms with Crippen molar-refractivity contribution in [3.63, 3.8) is 0 Å². The van der Waals surface area contributed by atoms with E-state index in [1.807, 2.05) is 52.0 Å². The first-order chi connectivity index (χ1) is 15.8. The lowest BCUT2D eigenvalue weighted by Crippen LogP contribution is -2.32. The van der Waals surface area contributed by atoms with Gasteiger partial charge in [-0.25, -0.2) is 0 Å². The summed E-state index contributed by atoms with van der Waals surface area (Å²) >= 11 is 1.16. The molecule has 0 spiro atoms. The van der Waals surface area contributed by atoms with Crippen LogP contribution < -0.4 is 4.90 Å². The molecule has 1 aromatic heterocycles. The summed E-state index contributed by atoms with van der Waals surface area (Å²) in [6, 6.07) is 12.3. The molecule has 0 bridgehead atoms. The lowest BCUT2D eigenvalue weighted by Gasteiger charge is -2.25. The van der Waals surface area contributed by atoms with Crippen LogP contribution in [0.2, 0.25) is 0 Å². The third-order valence-electron chi connectivity index (χ3n) is 4.75. The number of nitrogens with zero attached hydrogens (tertiary/aromatic N) is 5. The SMILES string of the molecule is CC(C)OCCN(CCOC(C)C)c1ccc(N=Nc2snc3ccc([N+](=O)[O-])cc23)cc1. The van der Waals surface area contributed by atoms with Crippen LogP contribution in [0.1, 0.15) is 27.7 Å². The lowest BCUT2D eigenvalue weighted by atomic mass is 10.2. The van der Waals surface area contributed by atoms with Gasteiger partial charge in [-0.1, -0.05) is 0 Å². The van der Waals surface area contributed by atoms with E-state index in [1.54, 1.807) is 6.07 Å². The predicted molar refractivity (Wildman–Crippen MR) is 131 cm³/mol. The van der Waals surface area contributed by atoms with Gasteiger partial charge in [0.05, 0.1) is 41.5 Å². The summed E-state index contributed by atoms with van der Waals surface area (Å²) in [6.07, 6.45) is 0.372.